The van der Waals surface area contributed by atoms with Gasteiger partial charge in [0, 0.05) is 24.0 Å². The molecule has 1 fully saturated rings. The Labute approximate surface area is 105 Å². The number of H-pyrrole nitrogens is 2. The van der Waals surface area contributed by atoms with Crippen LogP contribution in [0.3, 0.4) is 0 Å². The molecule has 92 valence electrons. The lowest BCUT2D eigenvalue weighted by Gasteiger charge is -2.16. The zero-order valence-electron chi connectivity index (χ0n) is 9.25. The van der Waals surface area contributed by atoms with Crippen LogP contribution in [0.15, 0.2) is 9.59 Å². The van der Waals surface area contributed by atoms with Gasteiger partial charge in [0.05, 0.1) is 0 Å². The van der Waals surface area contributed by atoms with E-state index in [1.807, 2.05) is 0 Å². The molecule has 7 heteroatoms. The van der Waals surface area contributed by atoms with Gasteiger partial charge in [-0.25, -0.2) is 4.79 Å². The van der Waals surface area contributed by atoms with E-state index in [0.717, 1.165) is 5.33 Å². The van der Waals surface area contributed by atoms with Gasteiger partial charge >= 0.3 is 5.69 Å². The topological polar surface area (TPSA) is 86.0 Å². The van der Waals surface area contributed by atoms with Crippen LogP contribution in [0.5, 0.6) is 0 Å². The summed E-state index contributed by atoms with van der Waals surface area (Å²) in [4.78, 5) is 40.6. The first kappa shape index (κ1) is 12.1. The van der Waals surface area contributed by atoms with Crippen molar-refractivity contribution in [2.24, 2.45) is 5.92 Å². The highest BCUT2D eigenvalue weighted by Crippen LogP contribution is 2.24. The fraction of sp³-hybridized carbons (Fsp3) is 0.500. The second kappa shape index (κ2) is 4.48. The third kappa shape index (κ3) is 2.19. The maximum atomic E-state index is 11.8. The number of nitrogens with zero attached hydrogens (tertiary/aromatic N) is 1. The summed E-state index contributed by atoms with van der Waals surface area (Å²) in [6.07, 6.45) is 0.420. The van der Waals surface area contributed by atoms with E-state index >= 15 is 0 Å². The summed E-state index contributed by atoms with van der Waals surface area (Å²) < 4.78 is 0. The van der Waals surface area contributed by atoms with Gasteiger partial charge in [0.2, 0.25) is 5.91 Å². The maximum Gasteiger partial charge on any atom is 0.326 e. The lowest BCUT2D eigenvalue weighted by molar-refractivity contribution is -0.117. The molecule has 1 aliphatic rings. The van der Waals surface area contributed by atoms with Crippen LogP contribution in [-0.4, -0.2) is 27.7 Å². The van der Waals surface area contributed by atoms with Crippen LogP contribution in [-0.2, 0) is 4.79 Å². The minimum absolute atomic E-state index is 0.0879. The van der Waals surface area contributed by atoms with Crippen molar-refractivity contribution in [2.45, 2.75) is 13.3 Å². The number of hydrogen-bond donors (Lipinski definition) is 2. The molecule has 2 rings (SSSR count). The normalized spacial score (nSPS) is 20.0. The van der Waals surface area contributed by atoms with E-state index < -0.39 is 11.2 Å². The van der Waals surface area contributed by atoms with Gasteiger partial charge in [0.15, 0.2) is 0 Å². The molecule has 2 heterocycles. The quantitative estimate of drug-likeness (QED) is 0.761. The van der Waals surface area contributed by atoms with Crippen LogP contribution in [0.1, 0.15) is 12.1 Å². The van der Waals surface area contributed by atoms with Crippen molar-refractivity contribution in [2.75, 3.05) is 16.8 Å². The molecular formula is C10H12BrN3O3. The molecule has 1 aromatic rings. The van der Waals surface area contributed by atoms with Crippen molar-refractivity contribution in [3.63, 3.8) is 0 Å². The smallest absolute Gasteiger partial charge is 0.309 e. The van der Waals surface area contributed by atoms with E-state index in [-0.39, 0.29) is 17.5 Å². The van der Waals surface area contributed by atoms with Gasteiger partial charge in [-0.3, -0.25) is 14.6 Å². The Balaban J connectivity index is 2.45. The summed E-state index contributed by atoms with van der Waals surface area (Å²) >= 11 is 3.33. The Hall–Kier alpha value is -1.37. The molecule has 17 heavy (non-hydrogen) atoms. The average molecular weight is 302 g/mol. The summed E-state index contributed by atoms with van der Waals surface area (Å²) in [7, 11) is 0. The van der Waals surface area contributed by atoms with Gasteiger partial charge in [-0.2, -0.15) is 0 Å². The maximum absolute atomic E-state index is 11.8. The van der Waals surface area contributed by atoms with Crippen LogP contribution in [0.25, 0.3) is 0 Å². The number of alkyl halides is 1. The number of halogens is 1. The molecule has 0 spiro atoms. The number of aryl methyl sites for hydroxylation is 1. The first-order valence-electron chi connectivity index (χ1n) is 5.22. The minimum atomic E-state index is -0.556. The average Bonchev–Trinajstić information content (AvgIpc) is 2.59. The van der Waals surface area contributed by atoms with Crippen molar-refractivity contribution < 1.29 is 4.79 Å². The summed E-state index contributed by atoms with van der Waals surface area (Å²) in [5.41, 5.74) is -0.407. The molecule has 0 aliphatic carbocycles. The Morgan fingerprint density at radius 2 is 2.06 bits per heavy atom. The number of aromatic nitrogens is 2. The van der Waals surface area contributed by atoms with Crippen molar-refractivity contribution in [1.82, 2.24) is 9.97 Å². The predicted molar refractivity (Wildman–Crippen MR) is 66.7 cm³/mol. The number of rotatable bonds is 2. The fourth-order valence-electron chi connectivity index (χ4n) is 2.02. The number of amides is 1. The van der Waals surface area contributed by atoms with E-state index in [0.29, 0.717) is 18.7 Å². The summed E-state index contributed by atoms with van der Waals surface area (Å²) in [5.74, 6) is 0.114. The number of carbonyl (C=O) groups is 1. The second-order valence-corrected chi connectivity index (χ2v) is 4.76. The molecule has 1 unspecified atom stereocenters. The predicted octanol–water partition coefficient (Wildman–Crippen LogP) is 0.119. The summed E-state index contributed by atoms with van der Waals surface area (Å²) in [5, 5.41) is 0.718. The molecule has 6 nitrogen and oxygen atoms in total. The standard InChI is InChI=1S/C10H12BrN3O3/c1-5-8(9(16)13-10(17)12-5)14-4-6(3-11)2-7(14)15/h6H,2-4H2,1H3,(H2,12,13,16,17). The van der Waals surface area contributed by atoms with Crippen LogP contribution in [0.2, 0.25) is 0 Å². The Morgan fingerprint density at radius 3 is 2.59 bits per heavy atom. The van der Waals surface area contributed by atoms with Crippen molar-refractivity contribution in [1.29, 1.82) is 0 Å². The van der Waals surface area contributed by atoms with Crippen molar-refractivity contribution >= 4 is 27.5 Å². The number of carbonyl (C=O) groups excluding carboxylic acids is 1. The van der Waals surface area contributed by atoms with Gasteiger partial charge in [0.1, 0.15) is 5.69 Å². The molecule has 0 bridgehead atoms. The Morgan fingerprint density at radius 1 is 1.35 bits per heavy atom. The summed E-state index contributed by atoms with van der Waals surface area (Å²) in [6.45, 7) is 2.11. The summed E-state index contributed by atoms with van der Waals surface area (Å²) in [6, 6.07) is 0. The SMILES string of the molecule is Cc1[nH]c(=O)[nH]c(=O)c1N1CC(CBr)CC1=O. The number of aromatic amines is 2. The van der Waals surface area contributed by atoms with Crippen LogP contribution in [0, 0.1) is 12.8 Å². The third-order valence-corrected chi connectivity index (χ3v) is 3.71. The molecule has 1 aliphatic heterocycles. The lowest BCUT2D eigenvalue weighted by Crippen LogP contribution is -2.35. The highest BCUT2D eigenvalue weighted by Gasteiger charge is 2.32. The molecule has 1 atom stereocenters. The van der Waals surface area contributed by atoms with Crippen molar-refractivity contribution in [3.8, 4) is 0 Å². The third-order valence-electron chi connectivity index (χ3n) is 2.79. The largest absolute Gasteiger partial charge is 0.326 e. The molecule has 1 saturated heterocycles. The van der Waals surface area contributed by atoms with E-state index in [1.54, 1.807) is 6.92 Å². The Bertz CT molecular complexity index is 563. The van der Waals surface area contributed by atoms with E-state index in [2.05, 4.69) is 25.9 Å². The molecular weight excluding hydrogens is 290 g/mol. The monoisotopic (exact) mass is 301 g/mol. The van der Waals surface area contributed by atoms with Gasteiger partial charge in [-0.15, -0.1) is 0 Å². The van der Waals surface area contributed by atoms with Crippen LogP contribution < -0.4 is 16.1 Å². The van der Waals surface area contributed by atoms with Gasteiger partial charge < -0.3 is 9.88 Å². The van der Waals surface area contributed by atoms with Gasteiger partial charge in [0.25, 0.3) is 5.56 Å². The second-order valence-electron chi connectivity index (χ2n) is 4.11. The highest BCUT2D eigenvalue weighted by molar-refractivity contribution is 9.09. The van der Waals surface area contributed by atoms with Gasteiger partial charge in [-0.05, 0) is 12.8 Å². The molecule has 0 aromatic carbocycles. The molecule has 2 N–H and O–H groups in total. The number of nitrogens with one attached hydrogen (secondary N) is 2. The van der Waals surface area contributed by atoms with Gasteiger partial charge in [-0.1, -0.05) is 15.9 Å². The minimum Gasteiger partial charge on any atom is -0.309 e. The van der Waals surface area contributed by atoms with E-state index in [9.17, 15) is 14.4 Å². The van der Waals surface area contributed by atoms with E-state index in [4.69, 9.17) is 0 Å². The number of hydrogen-bond acceptors (Lipinski definition) is 3. The van der Waals surface area contributed by atoms with Crippen molar-refractivity contribution in [3.05, 3.63) is 26.5 Å². The molecule has 0 radical (unpaired) electrons. The highest BCUT2D eigenvalue weighted by atomic mass is 79.9. The Kier molecular flexibility index (Phi) is 3.19. The fourth-order valence-corrected chi connectivity index (χ4v) is 2.45. The zero-order chi connectivity index (χ0) is 12.6. The lowest BCUT2D eigenvalue weighted by atomic mass is 10.2. The first-order chi connectivity index (χ1) is 8.02. The first-order valence-corrected chi connectivity index (χ1v) is 6.34. The van der Waals surface area contributed by atoms with Crippen LogP contribution >= 0.6 is 15.9 Å². The molecule has 0 saturated carbocycles. The molecule has 1 amide bonds. The molecule has 1 aromatic heterocycles. The number of anilines is 1. The van der Waals surface area contributed by atoms with E-state index in [1.165, 1.54) is 4.90 Å². The van der Waals surface area contributed by atoms with Crippen LogP contribution in [0.4, 0.5) is 5.69 Å². The zero-order valence-corrected chi connectivity index (χ0v) is 10.8.